The molecule has 0 aromatic heterocycles. The monoisotopic (exact) mass is 502 g/mol. The van der Waals surface area contributed by atoms with Crippen LogP contribution < -0.4 is 28.3 Å². The molecule has 0 radical (unpaired) electrons. The van der Waals surface area contributed by atoms with E-state index in [0.717, 1.165) is 47.5 Å². The molecule has 0 spiro atoms. The zero-order chi connectivity index (χ0) is 21.1. The summed E-state index contributed by atoms with van der Waals surface area (Å²) in [6, 6.07) is 13.6. The summed E-state index contributed by atoms with van der Waals surface area (Å²) in [6.07, 6.45) is 2.80. The fraction of sp³-hybridized carbons (Fsp3) is 0.417. The summed E-state index contributed by atoms with van der Waals surface area (Å²) in [5.74, 6) is 2.35. The quantitative estimate of drug-likeness (QED) is 0.212. The van der Waals surface area contributed by atoms with Gasteiger partial charge in [-0.3, -0.25) is 4.79 Å². The second-order valence-corrected chi connectivity index (χ2v) is 7.00. The molecule has 1 atom stereocenters. The van der Waals surface area contributed by atoms with Crippen molar-refractivity contribution in [2.45, 2.75) is 39.0 Å². The van der Waals surface area contributed by atoms with Gasteiger partial charge in [0.1, 0.15) is 11.5 Å². The third-order valence-corrected chi connectivity index (χ3v) is 4.35. The predicted octanol–water partition coefficient (Wildman–Crippen LogP) is 3.54. The van der Waals surface area contributed by atoms with Gasteiger partial charge in [-0.2, -0.15) is 5.92 Å². The number of rotatable bonds is 3. The molecule has 29 heavy (non-hydrogen) atoms. The molecule has 0 fully saturated rings. The van der Waals surface area contributed by atoms with Crippen LogP contribution in [0.15, 0.2) is 42.5 Å². The Balaban J connectivity index is 0.00000100. The van der Waals surface area contributed by atoms with Crippen LogP contribution in [-0.2, 0) is 6.42 Å². The number of Topliss-reactive ketones (excluding diaryl/α,β-unsaturated/α-hetero) is 1. The van der Waals surface area contributed by atoms with E-state index in [1.807, 2.05) is 47.4 Å². The fourth-order valence-corrected chi connectivity index (χ4v) is 3.11. The van der Waals surface area contributed by atoms with Crippen LogP contribution in [0, 0.1) is 12.8 Å². The number of fused-ring (bicyclic) bond motifs is 1. The number of methoxy groups -OCH3 is 2. The first-order chi connectivity index (χ1) is 13.5. The molecular weight excluding hydrogens is 470 g/mol. The number of benzene rings is 2. The summed E-state index contributed by atoms with van der Waals surface area (Å²) in [7, 11) is 3.30. The van der Waals surface area contributed by atoms with Gasteiger partial charge in [0.05, 0.1) is 14.2 Å². The van der Waals surface area contributed by atoms with Crippen molar-refractivity contribution in [1.82, 2.24) is 0 Å². The van der Waals surface area contributed by atoms with Crippen LogP contribution in [0.25, 0.3) is 0 Å². The Kier molecular flexibility index (Phi) is 14.4. The van der Waals surface area contributed by atoms with Crippen LogP contribution in [0.3, 0.4) is 0 Å². The SMILES string of the molecule is CI.COc1ccc(C2CCCc3cc(OC)ccc3C2=O)cc1.[CH2-]C(C)C.[Li+]. The molecule has 3 rings (SSSR count). The summed E-state index contributed by atoms with van der Waals surface area (Å²) in [5, 5.41) is 0. The number of carbonyl (C=O) groups is 1. The number of ketones is 1. The van der Waals surface area contributed by atoms with Crippen molar-refractivity contribution in [3.8, 4) is 11.5 Å². The molecule has 5 heteroatoms. The molecule has 0 heterocycles. The molecule has 0 N–H and O–H groups in total. The van der Waals surface area contributed by atoms with Gasteiger partial charge in [-0.25, -0.2) is 0 Å². The molecule has 0 bridgehead atoms. The molecule has 3 nitrogen and oxygen atoms in total. The van der Waals surface area contributed by atoms with E-state index in [0.29, 0.717) is 5.92 Å². The first-order valence-corrected chi connectivity index (χ1v) is 11.7. The van der Waals surface area contributed by atoms with E-state index in [1.54, 1.807) is 14.2 Å². The summed E-state index contributed by atoms with van der Waals surface area (Å²) in [6.45, 7) is 7.75. The zero-order valence-corrected chi connectivity index (χ0v) is 20.8. The third-order valence-electron chi connectivity index (χ3n) is 4.35. The maximum absolute atomic E-state index is 12.9. The van der Waals surface area contributed by atoms with Gasteiger partial charge in [0.25, 0.3) is 0 Å². The van der Waals surface area contributed by atoms with E-state index in [9.17, 15) is 4.79 Å². The summed E-state index contributed by atoms with van der Waals surface area (Å²) in [5.41, 5.74) is 2.99. The van der Waals surface area contributed by atoms with Crippen molar-refractivity contribution in [2.75, 3.05) is 19.2 Å². The minimum atomic E-state index is -0.0689. The average molecular weight is 502 g/mol. The van der Waals surface area contributed by atoms with E-state index in [-0.39, 0.29) is 30.6 Å². The van der Waals surface area contributed by atoms with Crippen LogP contribution in [0.1, 0.15) is 54.1 Å². The van der Waals surface area contributed by atoms with Crippen molar-refractivity contribution in [3.05, 3.63) is 66.1 Å². The Bertz CT molecular complexity index is 727. The first kappa shape index (κ1) is 28.0. The van der Waals surface area contributed by atoms with Gasteiger partial charge >= 0.3 is 18.9 Å². The first-order valence-electron chi connectivity index (χ1n) is 9.52. The van der Waals surface area contributed by atoms with Crippen molar-refractivity contribution in [2.24, 2.45) is 5.92 Å². The van der Waals surface area contributed by atoms with E-state index in [2.05, 4.69) is 43.4 Å². The van der Waals surface area contributed by atoms with Crippen LogP contribution in [-0.4, -0.2) is 24.9 Å². The number of alkyl halides is 1. The maximum atomic E-state index is 12.9. The Hall–Kier alpha value is -0.963. The normalized spacial score (nSPS) is 14.8. The molecule has 1 unspecified atom stereocenters. The van der Waals surface area contributed by atoms with Gasteiger partial charge in [-0.15, -0.1) is 0 Å². The van der Waals surface area contributed by atoms with Gasteiger partial charge in [-0.1, -0.05) is 48.6 Å². The molecule has 2 aromatic carbocycles. The Morgan fingerprint density at radius 2 is 1.52 bits per heavy atom. The van der Waals surface area contributed by atoms with Gasteiger partial charge in [0.2, 0.25) is 0 Å². The number of hydrogen-bond donors (Lipinski definition) is 0. The summed E-state index contributed by atoms with van der Waals surface area (Å²) in [4.78, 5) is 14.9. The molecule has 0 saturated carbocycles. The van der Waals surface area contributed by atoms with Gasteiger partial charge in [0, 0.05) is 11.5 Å². The van der Waals surface area contributed by atoms with Crippen LogP contribution in [0.4, 0.5) is 0 Å². The number of halogens is 1. The molecule has 2 aromatic rings. The molecule has 1 aliphatic rings. The Morgan fingerprint density at radius 3 is 2.03 bits per heavy atom. The van der Waals surface area contributed by atoms with E-state index < -0.39 is 0 Å². The molecule has 154 valence electrons. The van der Waals surface area contributed by atoms with Crippen LogP contribution in [0.2, 0.25) is 0 Å². The second-order valence-electron chi connectivity index (χ2n) is 7.00. The minimum Gasteiger partial charge on any atom is -0.497 e. The van der Waals surface area contributed by atoms with E-state index in [4.69, 9.17) is 9.47 Å². The zero-order valence-electron chi connectivity index (χ0n) is 18.6. The fourth-order valence-electron chi connectivity index (χ4n) is 3.11. The maximum Gasteiger partial charge on any atom is 1.00 e. The number of ether oxygens (including phenoxy) is 2. The largest absolute Gasteiger partial charge is 1.00 e. The van der Waals surface area contributed by atoms with E-state index in [1.165, 1.54) is 0 Å². The smallest absolute Gasteiger partial charge is 0.497 e. The Morgan fingerprint density at radius 1 is 1.00 bits per heavy atom. The number of aryl methyl sites for hydroxylation is 1. The van der Waals surface area contributed by atoms with Crippen molar-refractivity contribution < 1.29 is 33.1 Å². The van der Waals surface area contributed by atoms with Crippen molar-refractivity contribution in [1.29, 1.82) is 0 Å². The van der Waals surface area contributed by atoms with E-state index >= 15 is 0 Å². The van der Waals surface area contributed by atoms with Gasteiger partial charge in [-0.05, 0) is 65.7 Å². The summed E-state index contributed by atoms with van der Waals surface area (Å²) < 4.78 is 10.5. The summed E-state index contributed by atoms with van der Waals surface area (Å²) >= 11 is 2.15. The van der Waals surface area contributed by atoms with Crippen molar-refractivity contribution >= 4 is 28.4 Å². The molecular formula is C24H32ILiO3. The molecule has 0 aliphatic heterocycles. The molecule has 0 amide bonds. The second kappa shape index (κ2) is 14.9. The molecule has 1 aliphatic carbocycles. The Labute approximate surface area is 202 Å². The molecule has 0 saturated heterocycles. The standard InChI is InChI=1S/C19H20O3.C4H9.CH3I.Li/c1-21-15-8-6-13(7-9-15)17-5-3-4-14-12-16(22-2)10-11-18(14)19(17)20;1-4(2)3;1-2;/h6-12,17H,3-5H2,1-2H3;4H,1H2,2-3H3;1H3;/q;-1;;+1. The minimum absolute atomic E-state index is 0. The predicted molar refractivity (Wildman–Crippen MR) is 126 cm³/mol. The van der Waals surface area contributed by atoms with Crippen molar-refractivity contribution in [3.63, 3.8) is 0 Å². The van der Waals surface area contributed by atoms with Crippen LogP contribution >= 0.6 is 22.6 Å². The van der Waals surface area contributed by atoms with Gasteiger partial charge < -0.3 is 16.4 Å². The average Bonchev–Trinajstić information content (AvgIpc) is 2.87. The topological polar surface area (TPSA) is 35.5 Å². The number of hydrogen-bond acceptors (Lipinski definition) is 3. The number of carbonyl (C=O) groups excluding carboxylic acids is 1. The van der Waals surface area contributed by atoms with Crippen LogP contribution in [0.5, 0.6) is 11.5 Å². The van der Waals surface area contributed by atoms with Gasteiger partial charge in [0.15, 0.2) is 5.78 Å². The third kappa shape index (κ3) is 8.74.